The number of aliphatic carboxylic acids is 1. The predicted molar refractivity (Wildman–Crippen MR) is 93.4 cm³/mol. The average Bonchev–Trinajstić information content (AvgIpc) is 2.96. The van der Waals surface area contributed by atoms with Crippen molar-refractivity contribution in [3.05, 3.63) is 77.5 Å². The molecular formula is C20H19NO2. The number of rotatable bonds is 4. The van der Waals surface area contributed by atoms with Crippen molar-refractivity contribution in [2.75, 3.05) is 0 Å². The zero-order valence-electron chi connectivity index (χ0n) is 13.3. The Kier molecular flexibility index (Phi) is 4.02. The van der Waals surface area contributed by atoms with Gasteiger partial charge in [-0.1, -0.05) is 36.4 Å². The fourth-order valence-corrected chi connectivity index (χ4v) is 2.73. The van der Waals surface area contributed by atoms with Crippen molar-refractivity contribution in [3.63, 3.8) is 0 Å². The maximum Gasteiger partial charge on any atom is 0.331 e. The molecule has 3 nitrogen and oxygen atoms in total. The lowest BCUT2D eigenvalue weighted by molar-refractivity contribution is -0.132. The largest absolute Gasteiger partial charge is 0.478 e. The van der Waals surface area contributed by atoms with Gasteiger partial charge in [-0.3, -0.25) is 0 Å². The van der Waals surface area contributed by atoms with Gasteiger partial charge in [0.15, 0.2) is 0 Å². The van der Waals surface area contributed by atoms with E-state index in [1.807, 2.05) is 31.2 Å². The van der Waals surface area contributed by atoms with Crippen molar-refractivity contribution < 1.29 is 9.90 Å². The second-order valence-corrected chi connectivity index (χ2v) is 5.76. The van der Waals surface area contributed by atoms with Crippen molar-refractivity contribution >= 4 is 22.4 Å². The van der Waals surface area contributed by atoms with E-state index in [9.17, 15) is 4.79 Å². The summed E-state index contributed by atoms with van der Waals surface area (Å²) in [7, 11) is 0. The molecule has 116 valence electrons. The summed E-state index contributed by atoms with van der Waals surface area (Å²) in [6.45, 7) is 4.32. The van der Waals surface area contributed by atoms with E-state index in [0.29, 0.717) is 5.57 Å². The zero-order valence-corrected chi connectivity index (χ0v) is 13.3. The van der Waals surface area contributed by atoms with Crippen molar-refractivity contribution in [1.82, 2.24) is 4.57 Å². The predicted octanol–water partition coefficient (Wildman–Crippen LogP) is 4.57. The highest BCUT2D eigenvalue weighted by Crippen LogP contribution is 2.24. The molecule has 0 aliphatic heterocycles. The quantitative estimate of drug-likeness (QED) is 0.718. The number of aromatic nitrogens is 1. The Hall–Kier alpha value is -2.81. The monoisotopic (exact) mass is 305 g/mol. The Labute approximate surface area is 135 Å². The van der Waals surface area contributed by atoms with Gasteiger partial charge >= 0.3 is 5.97 Å². The lowest BCUT2D eigenvalue weighted by Crippen LogP contribution is -1.99. The van der Waals surface area contributed by atoms with Gasteiger partial charge in [0, 0.05) is 29.2 Å². The Morgan fingerprint density at radius 2 is 1.78 bits per heavy atom. The maximum absolute atomic E-state index is 11.1. The van der Waals surface area contributed by atoms with Gasteiger partial charge in [0.25, 0.3) is 0 Å². The van der Waals surface area contributed by atoms with E-state index in [2.05, 4.69) is 41.1 Å². The van der Waals surface area contributed by atoms with Crippen molar-refractivity contribution in [2.24, 2.45) is 0 Å². The molecule has 0 radical (unpaired) electrons. The first kappa shape index (κ1) is 15.1. The summed E-state index contributed by atoms with van der Waals surface area (Å²) in [6, 6.07) is 18.5. The van der Waals surface area contributed by atoms with E-state index in [1.165, 1.54) is 5.56 Å². The van der Waals surface area contributed by atoms with Gasteiger partial charge in [0.05, 0.1) is 0 Å². The first-order valence-electron chi connectivity index (χ1n) is 7.60. The van der Waals surface area contributed by atoms with Crippen LogP contribution in [0.5, 0.6) is 0 Å². The summed E-state index contributed by atoms with van der Waals surface area (Å²) < 4.78 is 2.21. The number of carbonyl (C=O) groups is 1. The molecule has 3 heteroatoms. The molecule has 1 N–H and O–H groups in total. The first-order chi connectivity index (χ1) is 11.1. The van der Waals surface area contributed by atoms with E-state index >= 15 is 0 Å². The standard InChI is InChI=1S/C20H19NO2/c1-14(15(2)20(22)23)17-8-9-19-18(12-17)10-11-21(19)13-16-6-4-3-5-7-16/h3-12H,13H2,1-2H3,(H,22,23)/b15-14+. The fraction of sp³-hybridized carbons (Fsp3) is 0.150. The van der Waals surface area contributed by atoms with Crippen LogP contribution in [0.4, 0.5) is 0 Å². The van der Waals surface area contributed by atoms with Crippen LogP contribution in [0.15, 0.2) is 66.4 Å². The minimum absolute atomic E-state index is 0.382. The molecule has 2 aromatic carbocycles. The van der Waals surface area contributed by atoms with Crippen LogP contribution in [0.25, 0.3) is 16.5 Å². The second kappa shape index (κ2) is 6.13. The minimum Gasteiger partial charge on any atom is -0.478 e. The first-order valence-corrected chi connectivity index (χ1v) is 7.60. The van der Waals surface area contributed by atoms with E-state index in [4.69, 9.17) is 5.11 Å². The molecule has 0 unspecified atom stereocenters. The lowest BCUT2D eigenvalue weighted by Gasteiger charge is -2.08. The molecule has 0 aliphatic carbocycles. The molecule has 0 bridgehead atoms. The van der Waals surface area contributed by atoms with Crippen LogP contribution in [-0.2, 0) is 11.3 Å². The number of fused-ring (bicyclic) bond motifs is 1. The van der Waals surface area contributed by atoms with Crippen LogP contribution >= 0.6 is 0 Å². The summed E-state index contributed by atoms with van der Waals surface area (Å²) in [5, 5.41) is 10.3. The second-order valence-electron chi connectivity index (χ2n) is 5.76. The van der Waals surface area contributed by atoms with Crippen LogP contribution < -0.4 is 0 Å². The van der Waals surface area contributed by atoms with Crippen LogP contribution in [-0.4, -0.2) is 15.6 Å². The van der Waals surface area contributed by atoms with E-state index in [0.717, 1.165) is 28.6 Å². The number of nitrogens with zero attached hydrogens (tertiary/aromatic N) is 1. The van der Waals surface area contributed by atoms with Crippen molar-refractivity contribution in [2.45, 2.75) is 20.4 Å². The van der Waals surface area contributed by atoms with E-state index < -0.39 is 5.97 Å². The molecule has 3 rings (SSSR count). The highest BCUT2D eigenvalue weighted by molar-refractivity contribution is 5.96. The molecule has 0 saturated heterocycles. The third kappa shape index (κ3) is 3.04. The fourth-order valence-electron chi connectivity index (χ4n) is 2.73. The van der Waals surface area contributed by atoms with Crippen LogP contribution in [0.3, 0.4) is 0 Å². The molecule has 0 fully saturated rings. The Morgan fingerprint density at radius 1 is 1.04 bits per heavy atom. The van der Waals surface area contributed by atoms with Gasteiger partial charge in [-0.25, -0.2) is 4.79 Å². The number of hydrogen-bond donors (Lipinski definition) is 1. The summed E-state index contributed by atoms with van der Waals surface area (Å²) in [6.07, 6.45) is 2.07. The summed E-state index contributed by atoms with van der Waals surface area (Å²) in [5.41, 5.74) is 4.54. The topological polar surface area (TPSA) is 42.2 Å². The van der Waals surface area contributed by atoms with Gasteiger partial charge in [0.1, 0.15) is 0 Å². The highest BCUT2D eigenvalue weighted by atomic mass is 16.4. The van der Waals surface area contributed by atoms with Crippen molar-refractivity contribution in [1.29, 1.82) is 0 Å². The van der Waals surface area contributed by atoms with Crippen LogP contribution in [0.2, 0.25) is 0 Å². The van der Waals surface area contributed by atoms with Gasteiger partial charge in [-0.05, 0) is 48.7 Å². The molecule has 23 heavy (non-hydrogen) atoms. The number of carboxylic acid groups (broad SMARTS) is 1. The molecule has 0 aliphatic rings. The number of benzene rings is 2. The molecule has 0 saturated carbocycles. The van der Waals surface area contributed by atoms with Crippen LogP contribution in [0.1, 0.15) is 25.0 Å². The van der Waals surface area contributed by atoms with Gasteiger partial charge in [0.2, 0.25) is 0 Å². The maximum atomic E-state index is 11.1. The number of allylic oxidation sites excluding steroid dienone is 1. The third-order valence-electron chi connectivity index (χ3n) is 4.28. The third-order valence-corrected chi connectivity index (χ3v) is 4.28. The molecule has 3 aromatic rings. The minimum atomic E-state index is -0.871. The lowest BCUT2D eigenvalue weighted by atomic mass is 10.0. The molecular weight excluding hydrogens is 286 g/mol. The Morgan fingerprint density at radius 3 is 2.48 bits per heavy atom. The average molecular weight is 305 g/mol. The smallest absolute Gasteiger partial charge is 0.331 e. The Balaban J connectivity index is 1.98. The summed E-state index contributed by atoms with van der Waals surface area (Å²) in [5.74, 6) is -0.871. The molecule has 1 aromatic heterocycles. The van der Waals surface area contributed by atoms with Crippen molar-refractivity contribution in [3.8, 4) is 0 Å². The SMILES string of the molecule is C/C(C(=O)O)=C(/C)c1ccc2c(ccn2Cc2ccccc2)c1. The molecule has 0 spiro atoms. The Bertz CT molecular complexity index is 888. The van der Waals surface area contributed by atoms with Gasteiger partial charge < -0.3 is 9.67 Å². The highest BCUT2D eigenvalue weighted by Gasteiger charge is 2.09. The van der Waals surface area contributed by atoms with Crippen LogP contribution in [0, 0.1) is 0 Å². The van der Waals surface area contributed by atoms with Gasteiger partial charge in [-0.2, -0.15) is 0 Å². The number of hydrogen-bond acceptors (Lipinski definition) is 1. The normalized spacial score (nSPS) is 12.3. The zero-order chi connectivity index (χ0) is 16.4. The summed E-state index contributed by atoms with van der Waals surface area (Å²) >= 11 is 0. The van der Waals surface area contributed by atoms with E-state index in [-0.39, 0.29) is 0 Å². The molecule has 0 atom stereocenters. The molecule has 1 heterocycles. The summed E-state index contributed by atoms with van der Waals surface area (Å²) in [4.78, 5) is 11.1. The van der Waals surface area contributed by atoms with E-state index in [1.54, 1.807) is 6.92 Å². The van der Waals surface area contributed by atoms with Gasteiger partial charge in [-0.15, -0.1) is 0 Å². The molecule has 0 amide bonds. The number of carboxylic acids is 1.